The summed E-state index contributed by atoms with van der Waals surface area (Å²) < 4.78 is 18.8. The zero-order valence-corrected chi connectivity index (χ0v) is 16.7. The quantitative estimate of drug-likeness (QED) is 0.264. The Hall–Kier alpha value is -3.62. The van der Waals surface area contributed by atoms with Crippen LogP contribution in [-0.2, 0) is 12.8 Å². The van der Waals surface area contributed by atoms with Crippen LogP contribution in [0.3, 0.4) is 0 Å². The molecule has 3 heterocycles. The first-order valence-corrected chi connectivity index (χ1v) is 9.96. The fraction of sp³-hybridized carbons (Fsp3) is 0.286. The van der Waals surface area contributed by atoms with E-state index < -0.39 is 0 Å². The SMILES string of the molecule is CCNC(=NCCc1nc(-c2ccco2)n[nH]1)NCCc1c[nH]c2ccc(F)cc12. The highest BCUT2D eigenvalue weighted by atomic mass is 19.1. The fourth-order valence-corrected chi connectivity index (χ4v) is 3.21. The normalized spacial score (nSPS) is 11.9. The Labute approximate surface area is 173 Å². The molecule has 0 aliphatic carbocycles. The van der Waals surface area contributed by atoms with Gasteiger partial charge in [-0.15, -0.1) is 0 Å². The highest BCUT2D eigenvalue weighted by Gasteiger charge is 2.08. The maximum Gasteiger partial charge on any atom is 0.216 e. The van der Waals surface area contributed by atoms with E-state index in [1.165, 1.54) is 6.07 Å². The van der Waals surface area contributed by atoms with Crippen LogP contribution in [0, 0.1) is 5.82 Å². The average molecular weight is 409 g/mol. The molecule has 4 rings (SSSR count). The lowest BCUT2D eigenvalue weighted by Gasteiger charge is -2.11. The molecule has 0 aliphatic rings. The number of nitrogens with one attached hydrogen (secondary N) is 4. The number of benzene rings is 1. The van der Waals surface area contributed by atoms with Gasteiger partial charge in [-0.3, -0.25) is 10.1 Å². The van der Waals surface area contributed by atoms with Crippen molar-refractivity contribution in [2.24, 2.45) is 4.99 Å². The summed E-state index contributed by atoms with van der Waals surface area (Å²) in [5.41, 5.74) is 2.01. The summed E-state index contributed by atoms with van der Waals surface area (Å²) >= 11 is 0. The number of fused-ring (bicyclic) bond motifs is 1. The van der Waals surface area contributed by atoms with Crippen molar-refractivity contribution in [2.45, 2.75) is 19.8 Å². The Kier molecular flexibility index (Phi) is 6.07. The molecule has 0 fully saturated rings. The first-order valence-electron chi connectivity index (χ1n) is 9.96. The minimum absolute atomic E-state index is 0.228. The lowest BCUT2D eigenvalue weighted by Crippen LogP contribution is -2.38. The van der Waals surface area contributed by atoms with E-state index in [-0.39, 0.29) is 5.82 Å². The van der Waals surface area contributed by atoms with E-state index in [2.05, 4.69) is 35.8 Å². The first kappa shape index (κ1) is 19.7. The number of halogens is 1. The predicted octanol–water partition coefficient (Wildman–Crippen LogP) is 3.03. The van der Waals surface area contributed by atoms with Crippen molar-refractivity contribution < 1.29 is 8.81 Å². The van der Waals surface area contributed by atoms with Crippen molar-refractivity contribution in [1.29, 1.82) is 0 Å². The van der Waals surface area contributed by atoms with E-state index >= 15 is 0 Å². The summed E-state index contributed by atoms with van der Waals surface area (Å²) in [6, 6.07) is 8.41. The smallest absolute Gasteiger partial charge is 0.216 e. The zero-order chi connectivity index (χ0) is 20.8. The third-order valence-electron chi connectivity index (χ3n) is 4.65. The van der Waals surface area contributed by atoms with Crippen LogP contribution >= 0.6 is 0 Å². The number of guanidine groups is 1. The number of aromatic nitrogens is 4. The van der Waals surface area contributed by atoms with Crippen molar-refractivity contribution in [3.8, 4) is 11.6 Å². The largest absolute Gasteiger partial charge is 0.461 e. The first-order chi connectivity index (χ1) is 14.7. The van der Waals surface area contributed by atoms with Crippen molar-refractivity contribution >= 4 is 16.9 Å². The molecule has 3 aromatic heterocycles. The summed E-state index contributed by atoms with van der Waals surface area (Å²) in [7, 11) is 0. The lowest BCUT2D eigenvalue weighted by atomic mass is 10.1. The second kappa shape index (κ2) is 9.25. The molecule has 0 bridgehead atoms. The molecule has 4 aromatic rings. The number of aliphatic imine (C=N–C) groups is 1. The van der Waals surface area contributed by atoms with Crippen LogP contribution in [0.2, 0.25) is 0 Å². The molecule has 0 amide bonds. The van der Waals surface area contributed by atoms with Gasteiger partial charge in [0, 0.05) is 43.2 Å². The van der Waals surface area contributed by atoms with E-state index in [9.17, 15) is 4.39 Å². The Morgan fingerprint density at radius 2 is 2.17 bits per heavy atom. The van der Waals surface area contributed by atoms with Gasteiger partial charge in [0.05, 0.1) is 6.26 Å². The van der Waals surface area contributed by atoms with Gasteiger partial charge >= 0.3 is 0 Å². The van der Waals surface area contributed by atoms with Crippen LogP contribution in [0.25, 0.3) is 22.5 Å². The van der Waals surface area contributed by atoms with Crippen molar-refractivity contribution in [2.75, 3.05) is 19.6 Å². The van der Waals surface area contributed by atoms with Gasteiger partial charge in [-0.1, -0.05) is 0 Å². The van der Waals surface area contributed by atoms with E-state index in [0.29, 0.717) is 31.1 Å². The van der Waals surface area contributed by atoms with Crippen molar-refractivity contribution in [3.63, 3.8) is 0 Å². The number of furan rings is 1. The topological polar surface area (TPSA) is 107 Å². The van der Waals surface area contributed by atoms with Crippen LogP contribution in [0.1, 0.15) is 18.3 Å². The van der Waals surface area contributed by atoms with Crippen molar-refractivity contribution in [1.82, 2.24) is 30.8 Å². The van der Waals surface area contributed by atoms with Crippen LogP contribution in [0.15, 0.2) is 52.2 Å². The van der Waals surface area contributed by atoms with Gasteiger partial charge in [0.15, 0.2) is 11.7 Å². The second-order valence-electron chi connectivity index (χ2n) is 6.77. The molecule has 30 heavy (non-hydrogen) atoms. The number of aromatic amines is 2. The minimum Gasteiger partial charge on any atom is -0.461 e. The predicted molar refractivity (Wildman–Crippen MR) is 114 cm³/mol. The summed E-state index contributed by atoms with van der Waals surface area (Å²) in [6.45, 7) is 4.02. The Bertz CT molecular complexity index is 1110. The highest BCUT2D eigenvalue weighted by molar-refractivity contribution is 5.83. The Morgan fingerprint density at radius 1 is 1.23 bits per heavy atom. The molecule has 8 nitrogen and oxygen atoms in total. The maximum absolute atomic E-state index is 13.5. The van der Waals surface area contributed by atoms with Crippen LogP contribution in [-0.4, -0.2) is 45.8 Å². The second-order valence-corrected chi connectivity index (χ2v) is 6.77. The van der Waals surface area contributed by atoms with Gasteiger partial charge in [0.25, 0.3) is 0 Å². The Balaban J connectivity index is 1.31. The van der Waals surface area contributed by atoms with Gasteiger partial charge < -0.3 is 20.0 Å². The lowest BCUT2D eigenvalue weighted by molar-refractivity contribution is 0.577. The summed E-state index contributed by atoms with van der Waals surface area (Å²) in [6.07, 6.45) is 4.90. The molecule has 0 radical (unpaired) electrons. The summed E-state index contributed by atoms with van der Waals surface area (Å²) in [4.78, 5) is 12.2. The van der Waals surface area contributed by atoms with Crippen LogP contribution in [0.4, 0.5) is 4.39 Å². The molecule has 0 atom stereocenters. The third kappa shape index (κ3) is 4.68. The van der Waals surface area contributed by atoms with Gasteiger partial charge in [0.2, 0.25) is 5.82 Å². The number of hydrogen-bond acceptors (Lipinski definition) is 4. The summed E-state index contributed by atoms with van der Waals surface area (Å²) in [5, 5.41) is 14.5. The molecule has 0 unspecified atom stereocenters. The van der Waals surface area contributed by atoms with Crippen LogP contribution < -0.4 is 10.6 Å². The Morgan fingerprint density at radius 3 is 3.00 bits per heavy atom. The molecule has 4 N–H and O–H groups in total. The third-order valence-corrected chi connectivity index (χ3v) is 4.65. The number of nitrogens with zero attached hydrogens (tertiary/aromatic N) is 3. The maximum atomic E-state index is 13.5. The number of rotatable bonds is 8. The van der Waals surface area contributed by atoms with E-state index in [1.54, 1.807) is 24.5 Å². The van der Waals surface area contributed by atoms with Gasteiger partial charge in [0.1, 0.15) is 11.6 Å². The summed E-state index contributed by atoms with van der Waals surface area (Å²) in [5.74, 6) is 2.43. The minimum atomic E-state index is -0.228. The van der Waals surface area contributed by atoms with Crippen LogP contribution in [0.5, 0.6) is 0 Å². The molecular weight excluding hydrogens is 385 g/mol. The van der Waals surface area contributed by atoms with Crippen molar-refractivity contribution in [3.05, 3.63) is 60.0 Å². The van der Waals surface area contributed by atoms with Gasteiger partial charge in [-0.25, -0.2) is 9.37 Å². The fourth-order valence-electron chi connectivity index (χ4n) is 3.21. The van der Waals surface area contributed by atoms with Gasteiger partial charge in [-0.2, -0.15) is 5.10 Å². The molecular formula is C21H24FN7O. The molecule has 0 spiro atoms. The van der Waals surface area contributed by atoms with E-state index in [0.717, 1.165) is 41.2 Å². The van der Waals surface area contributed by atoms with E-state index in [1.807, 2.05) is 19.2 Å². The standard InChI is InChI=1S/C21H24FN7O/c1-2-23-21(24-9-7-14-13-26-17-6-5-15(22)12-16(14)17)25-10-8-19-27-20(29-28-19)18-4-3-11-30-18/h3-6,11-13,26H,2,7-10H2,1H3,(H2,23,24,25)(H,27,28,29). The van der Waals surface area contributed by atoms with Gasteiger partial charge in [-0.05, 0) is 49.2 Å². The molecule has 9 heteroatoms. The number of hydrogen-bond donors (Lipinski definition) is 4. The molecule has 1 aromatic carbocycles. The average Bonchev–Trinajstić information content (AvgIpc) is 3.49. The molecule has 0 aliphatic heterocycles. The zero-order valence-electron chi connectivity index (χ0n) is 16.7. The van der Waals surface area contributed by atoms with E-state index in [4.69, 9.17) is 4.42 Å². The highest BCUT2D eigenvalue weighted by Crippen LogP contribution is 2.19. The molecule has 0 saturated carbocycles. The number of H-pyrrole nitrogens is 2. The monoisotopic (exact) mass is 409 g/mol. The molecule has 0 saturated heterocycles. The molecule has 156 valence electrons.